The molecule has 0 spiro atoms. The molecule has 4 rings (SSSR count). The first-order valence-corrected chi connectivity index (χ1v) is 9.18. The Morgan fingerprint density at radius 3 is 2.79 bits per heavy atom. The number of piperidine rings is 1. The standard InChI is InChI=1S/C19H23ClN4/c20-16-4-5-19(22-13-16)24-11-7-15-6-10-23(18(15)14-24)12-8-17-3-1-2-9-21-17/h1-5,9,13,15,18H,6-8,10-12,14H2. The molecule has 4 nitrogen and oxygen atoms in total. The number of rotatable bonds is 4. The maximum atomic E-state index is 5.97. The second-order valence-corrected chi connectivity index (χ2v) is 7.23. The number of pyridine rings is 2. The summed E-state index contributed by atoms with van der Waals surface area (Å²) in [6, 6.07) is 10.8. The predicted octanol–water partition coefficient (Wildman–Crippen LogP) is 3.27. The molecule has 2 aliphatic heterocycles. The van der Waals surface area contributed by atoms with E-state index in [9.17, 15) is 0 Å². The van der Waals surface area contributed by atoms with Crippen molar-refractivity contribution < 1.29 is 0 Å². The van der Waals surface area contributed by atoms with E-state index in [-0.39, 0.29) is 0 Å². The monoisotopic (exact) mass is 342 g/mol. The first-order chi connectivity index (χ1) is 11.8. The molecule has 2 atom stereocenters. The molecule has 0 N–H and O–H groups in total. The Morgan fingerprint density at radius 1 is 1.08 bits per heavy atom. The molecule has 0 bridgehead atoms. The van der Waals surface area contributed by atoms with Gasteiger partial charge in [-0.3, -0.25) is 9.88 Å². The molecule has 0 saturated carbocycles. The number of hydrogen-bond donors (Lipinski definition) is 0. The van der Waals surface area contributed by atoms with Crippen LogP contribution in [0.2, 0.25) is 5.02 Å². The van der Waals surface area contributed by atoms with Gasteiger partial charge in [0.15, 0.2) is 0 Å². The Labute approximate surface area is 148 Å². The van der Waals surface area contributed by atoms with Crippen LogP contribution in [0.3, 0.4) is 0 Å². The van der Waals surface area contributed by atoms with Crippen LogP contribution in [-0.2, 0) is 6.42 Å². The van der Waals surface area contributed by atoms with Crippen molar-refractivity contribution in [2.24, 2.45) is 5.92 Å². The van der Waals surface area contributed by atoms with Gasteiger partial charge in [0.05, 0.1) is 5.02 Å². The molecule has 2 unspecified atom stereocenters. The number of halogens is 1. The van der Waals surface area contributed by atoms with E-state index in [0.29, 0.717) is 11.1 Å². The SMILES string of the molecule is Clc1ccc(N2CCC3CCN(CCc4ccccn4)C3C2)nc1. The second kappa shape index (κ2) is 7.08. The summed E-state index contributed by atoms with van der Waals surface area (Å²) in [7, 11) is 0. The van der Waals surface area contributed by atoms with Crippen molar-refractivity contribution in [2.45, 2.75) is 25.3 Å². The van der Waals surface area contributed by atoms with Gasteiger partial charge in [-0.1, -0.05) is 17.7 Å². The van der Waals surface area contributed by atoms with Gasteiger partial charge in [-0.25, -0.2) is 4.98 Å². The maximum Gasteiger partial charge on any atom is 0.128 e. The fraction of sp³-hybridized carbons (Fsp3) is 0.474. The predicted molar refractivity (Wildman–Crippen MR) is 97.5 cm³/mol. The fourth-order valence-corrected chi connectivity index (χ4v) is 4.18. The lowest BCUT2D eigenvalue weighted by Gasteiger charge is -2.39. The first-order valence-electron chi connectivity index (χ1n) is 8.80. The molecule has 2 aliphatic rings. The number of anilines is 1. The molecule has 4 heterocycles. The van der Waals surface area contributed by atoms with Crippen LogP contribution in [0.25, 0.3) is 0 Å². The first kappa shape index (κ1) is 15.9. The third kappa shape index (κ3) is 3.40. The van der Waals surface area contributed by atoms with Crippen molar-refractivity contribution >= 4 is 17.4 Å². The number of nitrogens with zero attached hydrogens (tertiary/aromatic N) is 4. The van der Waals surface area contributed by atoms with E-state index in [1.54, 1.807) is 6.20 Å². The third-order valence-corrected chi connectivity index (χ3v) is 5.62. The average Bonchev–Trinajstić information content (AvgIpc) is 3.04. The lowest BCUT2D eigenvalue weighted by molar-refractivity contribution is 0.209. The van der Waals surface area contributed by atoms with Crippen LogP contribution in [0.1, 0.15) is 18.5 Å². The highest BCUT2D eigenvalue weighted by Crippen LogP contribution is 2.33. The van der Waals surface area contributed by atoms with Crippen molar-refractivity contribution in [2.75, 3.05) is 31.1 Å². The molecule has 2 aromatic rings. The van der Waals surface area contributed by atoms with Crippen molar-refractivity contribution in [1.82, 2.24) is 14.9 Å². The van der Waals surface area contributed by atoms with E-state index >= 15 is 0 Å². The largest absolute Gasteiger partial charge is 0.355 e. The fourth-order valence-electron chi connectivity index (χ4n) is 4.07. The van der Waals surface area contributed by atoms with E-state index in [0.717, 1.165) is 37.8 Å². The molecule has 2 saturated heterocycles. The molecule has 0 aliphatic carbocycles. The number of fused-ring (bicyclic) bond motifs is 1. The van der Waals surface area contributed by atoms with E-state index < -0.39 is 0 Å². The smallest absolute Gasteiger partial charge is 0.128 e. The zero-order valence-corrected chi connectivity index (χ0v) is 14.6. The summed E-state index contributed by atoms with van der Waals surface area (Å²) in [6.45, 7) is 4.48. The molecule has 0 aromatic carbocycles. The molecule has 2 fully saturated rings. The summed E-state index contributed by atoms with van der Waals surface area (Å²) >= 11 is 5.97. The van der Waals surface area contributed by atoms with Crippen LogP contribution >= 0.6 is 11.6 Å². The number of aromatic nitrogens is 2. The van der Waals surface area contributed by atoms with Crippen LogP contribution in [0.5, 0.6) is 0 Å². The van der Waals surface area contributed by atoms with Crippen LogP contribution in [0, 0.1) is 5.92 Å². The van der Waals surface area contributed by atoms with Gasteiger partial charge in [-0.15, -0.1) is 0 Å². The normalized spacial score (nSPS) is 24.1. The van der Waals surface area contributed by atoms with E-state index in [4.69, 9.17) is 11.6 Å². The minimum atomic E-state index is 0.639. The summed E-state index contributed by atoms with van der Waals surface area (Å²) in [6.07, 6.45) is 7.25. The summed E-state index contributed by atoms with van der Waals surface area (Å²) in [5, 5.41) is 0.700. The highest BCUT2D eigenvalue weighted by Gasteiger charge is 2.38. The van der Waals surface area contributed by atoms with Gasteiger partial charge >= 0.3 is 0 Å². The Hall–Kier alpha value is -1.65. The topological polar surface area (TPSA) is 32.3 Å². The minimum absolute atomic E-state index is 0.639. The number of likely N-dealkylation sites (tertiary alicyclic amines) is 1. The van der Waals surface area contributed by atoms with Crippen LogP contribution in [0.15, 0.2) is 42.7 Å². The van der Waals surface area contributed by atoms with Gasteiger partial charge in [-0.05, 0) is 49.6 Å². The minimum Gasteiger partial charge on any atom is -0.355 e. The molecule has 126 valence electrons. The Bertz CT molecular complexity index is 661. The number of hydrogen-bond acceptors (Lipinski definition) is 4. The molecule has 2 aromatic heterocycles. The van der Waals surface area contributed by atoms with Crippen molar-refractivity contribution in [1.29, 1.82) is 0 Å². The summed E-state index contributed by atoms with van der Waals surface area (Å²) < 4.78 is 0. The summed E-state index contributed by atoms with van der Waals surface area (Å²) in [4.78, 5) is 14.0. The van der Waals surface area contributed by atoms with Gasteiger partial charge < -0.3 is 4.90 Å². The van der Waals surface area contributed by atoms with Gasteiger partial charge in [-0.2, -0.15) is 0 Å². The average molecular weight is 343 g/mol. The zero-order valence-electron chi connectivity index (χ0n) is 13.8. The Kier molecular flexibility index (Phi) is 4.67. The van der Waals surface area contributed by atoms with Crippen LogP contribution in [-0.4, -0.2) is 47.1 Å². The zero-order chi connectivity index (χ0) is 16.4. The van der Waals surface area contributed by atoms with Gasteiger partial charge in [0, 0.05) is 50.2 Å². The highest BCUT2D eigenvalue weighted by atomic mass is 35.5. The molecule has 0 radical (unpaired) electrons. The summed E-state index contributed by atoms with van der Waals surface area (Å²) in [5.74, 6) is 1.88. The molecule has 0 amide bonds. The lowest BCUT2D eigenvalue weighted by atomic mass is 9.92. The molecule has 24 heavy (non-hydrogen) atoms. The molecule has 5 heteroatoms. The second-order valence-electron chi connectivity index (χ2n) is 6.79. The van der Waals surface area contributed by atoms with Gasteiger partial charge in [0.1, 0.15) is 5.82 Å². The van der Waals surface area contributed by atoms with Crippen molar-refractivity contribution in [3.8, 4) is 0 Å². The Morgan fingerprint density at radius 2 is 2.00 bits per heavy atom. The van der Waals surface area contributed by atoms with Gasteiger partial charge in [0.25, 0.3) is 0 Å². The maximum absolute atomic E-state index is 5.97. The van der Waals surface area contributed by atoms with Crippen LogP contribution in [0.4, 0.5) is 5.82 Å². The van der Waals surface area contributed by atoms with Gasteiger partial charge in [0.2, 0.25) is 0 Å². The quantitative estimate of drug-likeness (QED) is 0.853. The molecular weight excluding hydrogens is 320 g/mol. The Balaban J connectivity index is 1.40. The highest BCUT2D eigenvalue weighted by molar-refractivity contribution is 6.30. The molecular formula is C19H23ClN4. The third-order valence-electron chi connectivity index (χ3n) is 5.39. The summed E-state index contributed by atoms with van der Waals surface area (Å²) in [5.41, 5.74) is 1.19. The van der Waals surface area contributed by atoms with Crippen LogP contribution < -0.4 is 4.90 Å². The van der Waals surface area contributed by atoms with E-state index in [2.05, 4.69) is 31.9 Å². The van der Waals surface area contributed by atoms with E-state index in [1.165, 1.54) is 25.1 Å². The van der Waals surface area contributed by atoms with Crippen molar-refractivity contribution in [3.05, 3.63) is 53.4 Å². The van der Waals surface area contributed by atoms with Crippen molar-refractivity contribution in [3.63, 3.8) is 0 Å². The lowest BCUT2D eigenvalue weighted by Crippen LogP contribution is -2.48. The van der Waals surface area contributed by atoms with E-state index in [1.807, 2.05) is 24.4 Å².